The number of hydrogen-bond donors (Lipinski definition) is 1. The average Bonchev–Trinajstić information content (AvgIpc) is 2.74. The second-order valence-corrected chi connectivity index (χ2v) is 4.40. The lowest BCUT2D eigenvalue weighted by Crippen LogP contribution is -2.27. The molecule has 1 unspecified atom stereocenters. The first kappa shape index (κ1) is 8.77. The Kier molecular flexibility index (Phi) is 1.61. The number of amides is 1. The van der Waals surface area contributed by atoms with E-state index in [2.05, 4.69) is 30.4 Å². The van der Waals surface area contributed by atoms with E-state index < -0.39 is 0 Å². The normalized spacial score (nSPS) is 27.7. The van der Waals surface area contributed by atoms with E-state index in [-0.39, 0.29) is 11.7 Å². The van der Waals surface area contributed by atoms with E-state index in [0.29, 0.717) is 6.54 Å². The molecule has 3 heteroatoms. The number of hydrogen-bond acceptors (Lipinski definition) is 2. The highest BCUT2D eigenvalue weighted by atomic mass is 16.6. The molecule has 1 aliphatic heterocycles. The molecule has 2 aliphatic rings. The Hall–Kier alpha value is -1.51. The summed E-state index contributed by atoms with van der Waals surface area (Å²) in [6.45, 7) is 2.68. The van der Waals surface area contributed by atoms with Crippen LogP contribution < -0.4 is 5.32 Å². The molecule has 1 aromatic rings. The molecule has 1 heterocycles. The Balaban J connectivity index is 2.10. The van der Waals surface area contributed by atoms with Gasteiger partial charge >= 0.3 is 6.09 Å². The van der Waals surface area contributed by atoms with Crippen molar-refractivity contribution in [2.75, 3.05) is 6.54 Å². The number of alkyl carbamates (subject to hydrolysis) is 1. The van der Waals surface area contributed by atoms with E-state index >= 15 is 0 Å². The minimum Gasteiger partial charge on any atom is -0.436 e. The molecule has 1 saturated heterocycles. The molecular formula is C12H13NO2. The zero-order chi connectivity index (χ0) is 10.5. The third-order valence-corrected chi connectivity index (χ3v) is 3.36. The van der Waals surface area contributed by atoms with Gasteiger partial charge in [0.15, 0.2) is 5.60 Å². The molecule has 0 radical (unpaired) electrons. The van der Waals surface area contributed by atoms with Crippen LogP contribution in [-0.2, 0) is 16.8 Å². The molecule has 1 atom stereocenters. The quantitative estimate of drug-likeness (QED) is 0.699. The minimum atomic E-state index is -0.377. The van der Waals surface area contributed by atoms with E-state index in [1.165, 1.54) is 16.7 Å². The number of nitrogens with one attached hydrogen (secondary N) is 1. The molecule has 1 aromatic carbocycles. The third-order valence-electron chi connectivity index (χ3n) is 3.36. The third kappa shape index (κ3) is 1.16. The summed E-state index contributed by atoms with van der Waals surface area (Å²) in [5, 5.41) is 2.75. The van der Waals surface area contributed by atoms with Crippen LogP contribution in [0.5, 0.6) is 0 Å². The summed E-state index contributed by atoms with van der Waals surface area (Å²) in [6, 6.07) is 6.40. The lowest BCUT2D eigenvalue weighted by molar-refractivity contribution is 0.0560. The van der Waals surface area contributed by atoms with E-state index in [1.807, 2.05) is 0 Å². The molecule has 1 N–H and O–H groups in total. The fourth-order valence-electron chi connectivity index (χ4n) is 2.56. The standard InChI is InChI=1S/C12H13NO2/c1-8-2-3-9-4-5-12(10(9)6-8)7-13-11(14)15-12/h2-3,6H,4-5,7H2,1H3,(H,13,14). The highest BCUT2D eigenvalue weighted by Gasteiger charge is 2.46. The molecule has 15 heavy (non-hydrogen) atoms. The zero-order valence-electron chi connectivity index (χ0n) is 8.67. The van der Waals surface area contributed by atoms with Gasteiger partial charge in [-0.15, -0.1) is 0 Å². The monoisotopic (exact) mass is 203 g/mol. The van der Waals surface area contributed by atoms with E-state index in [0.717, 1.165) is 12.8 Å². The van der Waals surface area contributed by atoms with Crippen LogP contribution in [-0.4, -0.2) is 12.6 Å². The van der Waals surface area contributed by atoms with Crippen LogP contribution in [0.4, 0.5) is 4.79 Å². The summed E-state index contributed by atoms with van der Waals surface area (Å²) >= 11 is 0. The Labute approximate surface area is 88.4 Å². The number of benzene rings is 1. The SMILES string of the molecule is Cc1ccc2c(c1)C1(CC2)CNC(=O)O1. The summed E-state index contributed by atoms with van der Waals surface area (Å²) in [5.41, 5.74) is 3.36. The number of aryl methyl sites for hydroxylation is 2. The predicted octanol–water partition coefficient (Wildman–Crippen LogP) is 1.88. The Morgan fingerprint density at radius 1 is 1.47 bits per heavy atom. The largest absolute Gasteiger partial charge is 0.436 e. The highest BCUT2D eigenvalue weighted by molar-refractivity contribution is 5.71. The van der Waals surface area contributed by atoms with Crippen LogP contribution in [0.2, 0.25) is 0 Å². The van der Waals surface area contributed by atoms with Crippen molar-refractivity contribution in [2.45, 2.75) is 25.4 Å². The second kappa shape index (κ2) is 2.75. The van der Waals surface area contributed by atoms with Crippen molar-refractivity contribution >= 4 is 6.09 Å². The van der Waals surface area contributed by atoms with Crippen molar-refractivity contribution in [2.24, 2.45) is 0 Å². The molecule has 0 bridgehead atoms. The molecule has 3 rings (SSSR count). The van der Waals surface area contributed by atoms with Gasteiger partial charge in [0.05, 0.1) is 6.54 Å². The van der Waals surface area contributed by atoms with Gasteiger partial charge in [0.2, 0.25) is 0 Å². The van der Waals surface area contributed by atoms with Gasteiger partial charge in [0, 0.05) is 5.56 Å². The maximum atomic E-state index is 11.2. The van der Waals surface area contributed by atoms with Gasteiger partial charge in [0.25, 0.3) is 0 Å². The van der Waals surface area contributed by atoms with E-state index in [1.54, 1.807) is 0 Å². The zero-order valence-corrected chi connectivity index (χ0v) is 8.67. The Morgan fingerprint density at radius 2 is 2.33 bits per heavy atom. The fraction of sp³-hybridized carbons (Fsp3) is 0.417. The molecule has 0 saturated carbocycles. The van der Waals surface area contributed by atoms with Gasteiger partial charge in [-0.3, -0.25) is 0 Å². The minimum absolute atomic E-state index is 0.288. The summed E-state index contributed by atoms with van der Waals surface area (Å²) in [5.74, 6) is 0. The molecular weight excluding hydrogens is 190 g/mol. The van der Waals surface area contributed by atoms with E-state index in [4.69, 9.17) is 4.74 Å². The average molecular weight is 203 g/mol. The summed E-state index contributed by atoms with van der Waals surface area (Å²) in [4.78, 5) is 11.2. The number of carbonyl (C=O) groups excluding carboxylic acids is 1. The first-order chi connectivity index (χ1) is 7.20. The molecule has 3 nitrogen and oxygen atoms in total. The van der Waals surface area contributed by atoms with Crippen molar-refractivity contribution in [3.05, 3.63) is 34.9 Å². The van der Waals surface area contributed by atoms with Crippen molar-refractivity contribution in [1.82, 2.24) is 5.32 Å². The van der Waals surface area contributed by atoms with Crippen molar-refractivity contribution in [1.29, 1.82) is 0 Å². The smallest absolute Gasteiger partial charge is 0.408 e. The maximum absolute atomic E-state index is 11.2. The van der Waals surface area contributed by atoms with Crippen LogP contribution in [0.3, 0.4) is 0 Å². The van der Waals surface area contributed by atoms with Gasteiger partial charge in [-0.1, -0.05) is 23.8 Å². The topological polar surface area (TPSA) is 38.3 Å². The molecule has 0 aromatic heterocycles. The second-order valence-electron chi connectivity index (χ2n) is 4.40. The molecule has 1 amide bonds. The van der Waals surface area contributed by atoms with Crippen LogP contribution in [0.25, 0.3) is 0 Å². The number of fused-ring (bicyclic) bond motifs is 2. The Bertz CT molecular complexity index is 441. The van der Waals surface area contributed by atoms with Crippen LogP contribution in [0.1, 0.15) is 23.1 Å². The summed E-state index contributed by atoms with van der Waals surface area (Å²) in [6.07, 6.45) is 1.62. The molecule has 1 fully saturated rings. The predicted molar refractivity (Wildman–Crippen MR) is 55.7 cm³/mol. The van der Waals surface area contributed by atoms with Gasteiger partial charge in [-0.05, 0) is 25.3 Å². The van der Waals surface area contributed by atoms with Gasteiger partial charge < -0.3 is 10.1 Å². The van der Waals surface area contributed by atoms with Crippen molar-refractivity contribution < 1.29 is 9.53 Å². The fourth-order valence-corrected chi connectivity index (χ4v) is 2.56. The summed E-state index contributed by atoms with van der Waals surface area (Å²) in [7, 11) is 0. The van der Waals surface area contributed by atoms with E-state index in [9.17, 15) is 4.79 Å². The van der Waals surface area contributed by atoms with Gasteiger partial charge in [-0.2, -0.15) is 0 Å². The van der Waals surface area contributed by atoms with Crippen LogP contribution in [0.15, 0.2) is 18.2 Å². The first-order valence-corrected chi connectivity index (χ1v) is 5.26. The van der Waals surface area contributed by atoms with Crippen molar-refractivity contribution in [3.8, 4) is 0 Å². The first-order valence-electron chi connectivity index (χ1n) is 5.26. The van der Waals surface area contributed by atoms with Gasteiger partial charge in [-0.25, -0.2) is 4.79 Å². The van der Waals surface area contributed by atoms with Crippen molar-refractivity contribution in [3.63, 3.8) is 0 Å². The Morgan fingerprint density at radius 3 is 3.07 bits per heavy atom. The highest BCUT2D eigenvalue weighted by Crippen LogP contribution is 2.42. The number of rotatable bonds is 0. The summed E-state index contributed by atoms with van der Waals surface area (Å²) < 4.78 is 5.44. The number of ether oxygens (including phenoxy) is 1. The van der Waals surface area contributed by atoms with Gasteiger partial charge in [0.1, 0.15) is 0 Å². The van der Waals surface area contributed by atoms with Crippen LogP contribution in [0, 0.1) is 6.92 Å². The molecule has 1 aliphatic carbocycles. The maximum Gasteiger partial charge on any atom is 0.408 e. The molecule has 1 spiro atoms. The number of carbonyl (C=O) groups is 1. The molecule has 78 valence electrons. The van der Waals surface area contributed by atoms with Crippen LogP contribution >= 0.6 is 0 Å². The lowest BCUT2D eigenvalue weighted by atomic mass is 9.95. The lowest BCUT2D eigenvalue weighted by Gasteiger charge is -2.21.